The summed E-state index contributed by atoms with van der Waals surface area (Å²) in [6.45, 7) is 0.643. The number of halogens is 2. The summed E-state index contributed by atoms with van der Waals surface area (Å²) in [5.74, 6) is 0.382. The van der Waals surface area contributed by atoms with Gasteiger partial charge in [0.05, 0.1) is 0 Å². The first-order chi connectivity index (χ1) is 9.17. The van der Waals surface area contributed by atoms with E-state index in [0.717, 1.165) is 28.0 Å². The molecule has 0 radical (unpaired) electrons. The van der Waals surface area contributed by atoms with Gasteiger partial charge in [-0.15, -0.1) is 0 Å². The highest BCUT2D eigenvalue weighted by Crippen LogP contribution is 2.17. The van der Waals surface area contributed by atoms with Gasteiger partial charge in [-0.25, -0.2) is 0 Å². The van der Waals surface area contributed by atoms with Crippen molar-refractivity contribution < 1.29 is 0 Å². The molecule has 2 N–H and O–H groups in total. The first kappa shape index (κ1) is 14.5. The average Bonchev–Trinajstić information content (AvgIpc) is 2.40. The molecule has 0 amide bonds. The summed E-state index contributed by atoms with van der Waals surface area (Å²) in [4.78, 5) is 4.40. The van der Waals surface area contributed by atoms with E-state index in [-0.39, 0.29) is 0 Å². The van der Waals surface area contributed by atoms with Crippen molar-refractivity contribution in [3.63, 3.8) is 0 Å². The smallest absolute Gasteiger partial charge is 0.0413 e. The lowest BCUT2D eigenvalue weighted by molar-refractivity contribution is 0.527. The van der Waals surface area contributed by atoms with Crippen LogP contribution in [0.25, 0.3) is 0 Å². The number of pyridine rings is 1. The Balaban J connectivity index is 2.02. The summed E-state index contributed by atoms with van der Waals surface area (Å²) in [6.07, 6.45) is 3.63. The van der Waals surface area contributed by atoms with Crippen LogP contribution in [-0.4, -0.2) is 11.5 Å². The predicted octanol–water partition coefficient (Wildman–Crippen LogP) is 3.86. The van der Waals surface area contributed by atoms with E-state index in [1.165, 1.54) is 5.56 Å². The van der Waals surface area contributed by atoms with E-state index in [0.29, 0.717) is 12.5 Å². The zero-order chi connectivity index (χ0) is 13.7. The molecule has 0 bridgehead atoms. The fourth-order valence-electron chi connectivity index (χ4n) is 2.06. The molecular weight excluding hydrogens is 324 g/mol. The maximum atomic E-state index is 6.00. The van der Waals surface area contributed by atoms with Gasteiger partial charge < -0.3 is 5.73 Å². The molecule has 0 saturated carbocycles. The van der Waals surface area contributed by atoms with Crippen LogP contribution in [0.5, 0.6) is 0 Å². The summed E-state index contributed by atoms with van der Waals surface area (Å²) < 4.78 is 0.996. The van der Waals surface area contributed by atoms with Gasteiger partial charge in [-0.3, -0.25) is 4.98 Å². The van der Waals surface area contributed by atoms with Gasteiger partial charge in [0.15, 0.2) is 0 Å². The molecule has 0 aliphatic heterocycles. The van der Waals surface area contributed by atoms with Gasteiger partial charge in [0.1, 0.15) is 0 Å². The van der Waals surface area contributed by atoms with E-state index in [1.807, 2.05) is 36.5 Å². The molecule has 4 heteroatoms. The van der Waals surface area contributed by atoms with Gasteiger partial charge in [0, 0.05) is 21.4 Å². The first-order valence-electron chi connectivity index (χ1n) is 6.22. The van der Waals surface area contributed by atoms with Crippen LogP contribution in [0.15, 0.2) is 47.1 Å². The molecule has 0 aliphatic carbocycles. The van der Waals surface area contributed by atoms with E-state index < -0.39 is 0 Å². The van der Waals surface area contributed by atoms with Gasteiger partial charge in [-0.2, -0.15) is 0 Å². The van der Waals surface area contributed by atoms with Crippen LogP contribution in [0, 0.1) is 5.92 Å². The lowest BCUT2D eigenvalue weighted by atomic mass is 9.94. The number of hydrogen-bond donors (Lipinski definition) is 1. The van der Waals surface area contributed by atoms with E-state index in [1.54, 1.807) is 0 Å². The van der Waals surface area contributed by atoms with Crippen LogP contribution in [0.4, 0.5) is 0 Å². The number of nitrogens with two attached hydrogens (primary N) is 1. The summed E-state index contributed by atoms with van der Waals surface area (Å²) in [5.41, 5.74) is 8.16. The normalized spacial score (nSPS) is 12.4. The van der Waals surface area contributed by atoms with Gasteiger partial charge in [0.2, 0.25) is 0 Å². The Morgan fingerprint density at radius 1 is 1.21 bits per heavy atom. The van der Waals surface area contributed by atoms with Crippen LogP contribution in [0.3, 0.4) is 0 Å². The molecule has 2 rings (SSSR count). The van der Waals surface area contributed by atoms with Crippen molar-refractivity contribution in [2.75, 3.05) is 6.54 Å². The van der Waals surface area contributed by atoms with Crippen LogP contribution in [-0.2, 0) is 12.8 Å². The predicted molar refractivity (Wildman–Crippen MR) is 83.3 cm³/mol. The molecule has 100 valence electrons. The Morgan fingerprint density at radius 3 is 2.68 bits per heavy atom. The Bertz CT molecular complexity index is 528. The van der Waals surface area contributed by atoms with E-state index in [9.17, 15) is 0 Å². The third-order valence-electron chi connectivity index (χ3n) is 3.03. The molecular formula is C15H16BrClN2. The molecule has 0 aliphatic rings. The molecule has 19 heavy (non-hydrogen) atoms. The second kappa shape index (κ2) is 7.04. The lowest BCUT2D eigenvalue weighted by Gasteiger charge is -2.14. The topological polar surface area (TPSA) is 38.9 Å². The highest BCUT2D eigenvalue weighted by atomic mass is 79.9. The third-order valence-corrected chi connectivity index (χ3v) is 3.74. The fourth-order valence-corrected chi connectivity index (χ4v) is 2.51. The molecule has 2 nitrogen and oxygen atoms in total. The van der Waals surface area contributed by atoms with Crippen LogP contribution in [0.1, 0.15) is 11.3 Å². The van der Waals surface area contributed by atoms with E-state index >= 15 is 0 Å². The van der Waals surface area contributed by atoms with Crippen LogP contribution in [0.2, 0.25) is 5.02 Å². The highest BCUT2D eigenvalue weighted by Gasteiger charge is 2.10. The van der Waals surface area contributed by atoms with Crippen molar-refractivity contribution in [3.05, 3.63) is 63.3 Å². The van der Waals surface area contributed by atoms with Crippen molar-refractivity contribution in [1.29, 1.82) is 0 Å². The van der Waals surface area contributed by atoms with Crippen molar-refractivity contribution in [2.24, 2.45) is 11.7 Å². The second-order valence-corrected chi connectivity index (χ2v) is 5.96. The van der Waals surface area contributed by atoms with E-state index in [4.69, 9.17) is 17.3 Å². The molecule has 1 atom stereocenters. The molecule has 1 heterocycles. The maximum Gasteiger partial charge on any atom is 0.0413 e. The first-order valence-corrected chi connectivity index (χ1v) is 7.39. The number of aromatic nitrogens is 1. The molecule has 1 unspecified atom stereocenters. The van der Waals surface area contributed by atoms with Gasteiger partial charge in [0.25, 0.3) is 0 Å². The zero-order valence-electron chi connectivity index (χ0n) is 10.5. The van der Waals surface area contributed by atoms with Gasteiger partial charge in [-0.05, 0) is 71.1 Å². The largest absolute Gasteiger partial charge is 0.330 e. The van der Waals surface area contributed by atoms with Crippen LogP contribution < -0.4 is 5.73 Å². The number of benzene rings is 1. The Morgan fingerprint density at radius 2 is 2.05 bits per heavy atom. The van der Waals surface area contributed by atoms with Crippen molar-refractivity contribution in [2.45, 2.75) is 12.8 Å². The Hall–Kier alpha value is -0.900. The maximum absolute atomic E-state index is 6.00. The molecule has 0 saturated heterocycles. The molecule has 1 aromatic heterocycles. The van der Waals surface area contributed by atoms with Crippen LogP contribution >= 0.6 is 27.5 Å². The minimum Gasteiger partial charge on any atom is -0.330 e. The van der Waals surface area contributed by atoms with Gasteiger partial charge in [-0.1, -0.05) is 23.7 Å². The summed E-state index contributed by atoms with van der Waals surface area (Å²) in [6, 6.07) is 12.0. The summed E-state index contributed by atoms with van der Waals surface area (Å²) >= 11 is 9.39. The average molecular weight is 340 g/mol. The fraction of sp³-hybridized carbons (Fsp3) is 0.267. The number of hydrogen-bond acceptors (Lipinski definition) is 2. The highest BCUT2D eigenvalue weighted by molar-refractivity contribution is 9.10. The minimum atomic E-state index is 0.382. The molecule has 0 fully saturated rings. The quantitative estimate of drug-likeness (QED) is 0.898. The van der Waals surface area contributed by atoms with Crippen molar-refractivity contribution >= 4 is 27.5 Å². The SMILES string of the molecule is NCC(Cc1cccc(Cl)c1)Cc1ccc(Br)cn1. The van der Waals surface area contributed by atoms with Crippen molar-refractivity contribution in [1.82, 2.24) is 4.98 Å². The molecule has 0 spiro atoms. The van der Waals surface area contributed by atoms with Crippen molar-refractivity contribution in [3.8, 4) is 0 Å². The Kier molecular flexibility index (Phi) is 5.37. The summed E-state index contributed by atoms with van der Waals surface area (Å²) in [7, 11) is 0. The number of rotatable bonds is 5. The lowest BCUT2D eigenvalue weighted by Crippen LogP contribution is -2.19. The standard InChI is InChI=1S/C15H16BrClN2/c16-13-4-5-15(19-10-13)8-12(9-18)6-11-2-1-3-14(17)7-11/h1-5,7,10,12H,6,8-9,18H2. The van der Waals surface area contributed by atoms with E-state index in [2.05, 4.69) is 27.0 Å². The number of nitrogens with zero attached hydrogens (tertiary/aromatic N) is 1. The summed E-state index contributed by atoms with van der Waals surface area (Å²) in [5, 5.41) is 0.773. The minimum absolute atomic E-state index is 0.382. The monoisotopic (exact) mass is 338 g/mol. The molecule has 1 aromatic carbocycles. The second-order valence-electron chi connectivity index (χ2n) is 4.61. The molecule has 2 aromatic rings. The third kappa shape index (κ3) is 4.60. The Labute approximate surface area is 127 Å². The van der Waals surface area contributed by atoms with Gasteiger partial charge >= 0.3 is 0 Å². The zero-order valence-corrected chi connectivity index (χ0v) is 12.9.